The molecule has 37 heavy (non-hydrogen) atoms. The minimum Gasteiger partial charge on any atom is -0.351 e. The molecule has 5 rings (SSSR count). The van der Waals surface area contributed by atoms with Gasteiger partial charge in [-0.15, -0.1) is 0 Å². The van der Waals surface area contributed by atoms with Crippen molar-refractivity contribution in [1.82, 2.24) is 4.90 Å². The van der Waals surface area contributed by atoms with E-state index in [0.717, 1.165) is 31.5 Å². The van der Waals surface area contributed by atoms with Crippen molar-refractivity contribution in [2.45, 2.75) is 19.3 Å². The molecule has 0 atom stereocenters. The first-order chi connectivity index (χ1) is 18.0. The van der Waals surface area contributed by atoms with Gasteiger partial charge < -0.3 is 4.90 Å². The maximum absolute atomic E-state index is 13.8. The van der Waals surface area contributed by atoms with Crippen LogP contribution in [-0.4, -0.2) is 34.8 Å². The van der Waals surface area contributed by atoms with E-state index in [2.05, 4.69) is 9.89 Å². The number of allylic oxidation sites excluding steroid dienone is 3. The number of carbonyl (C=O) groups is 2. The van der Waals surface area contributed by atoms with Gasteiger partial charge in [-0.3, -0.25) is 9.59 Å². The number of amides is 1. The fourth-order valence-electron chi connectivity index (χ4n) is 4.39. The molecule has 0 aliphatic carbocycles. The molecule has 0 aromatic heterocycles. The molecule has 3 aromatic carbocycles. The molecule has 0 radical (unpaired) electrons. The van der Waals surface area contributed by atoms with Crippen LogP contribution in [0.1, 0.15) is 40.7 Å². The van der Waals surface area contributed by atoms with Gasteiger partial charge in [0.15, 0.2) is 11.0 Å². The number of rotatable bonds is 6. The number of aliphatic imine (C=N–C) groups is 1. The van der Waals surface area contributed by atoms with Gasteiger partial charge in [-0.25, -0.2) is 8.78 Å². The highest BCUT2D eigenvalue weighted by atomic mass is 32.2. The molecule has 7 heteroatoms. The minimum absolute atomic E-state index is 0.0340. The fraction of sp³-hybridized carbons (Fsp3) is 0.167. The van der Waals surface area contributed by atoms with E-state index >= 15 is 0 Å². The quantitative estimate of drug-likeness (QED) is 0.269. The van der Waals surface area contributed by atoms with Crippen LogP contribution in [0, 0.1) is 11.6 Å². The van der Waals surface area contributed by atoms with Crippen molar-refractivity contribution in [3.8, 4) is 0 Å². The van der Waals surface area contributed by atoms with Crippen molar-refractivity contribution in [2.24, 2.45) is 4.99 Å². The van der Waals surface area contributed by atoms with Gasteiger partial charge in [0, 0.05) is 30.6 Å². The van der Waals surface area contributed by atoms with Crippen LogP contribution in [0.4, 0.5) is 8.78 Å². The first-order valence-corrected chi connectivity index (χ1v) is 12.9. The maximum Gasteiger partial charge on any atom is 0.286 e. The molecule has 2 aliphatic heterocycles. The second-order valence-electron chi connectivity index (χ2n) is 8.89. The zero-order valence-corrected chi connectivity index (χ0v) is 20.8. The summed E-state index contributed by atoms with van der Waals surface area (Å²) in [5, 5.41) is 0.675. The summed E-state index contributed by atoms with van der Waals surface area (Å²) in [6.45, 7) is 1.71. The van der Waals surface area contributed by atoms with Gasteiger partial charge in [0.05, 0.1) is 4.91 Å². The highest BCUT2D eigenvalue weighted by Gasteiger charge is 2.30. The smallest absolute Gasteiger partial charge is 0.286 e. The molecule has 0 unspecified atom stereocenters. The summed E-state index contributed by atoms with van der Waals surface area (Å²) in [4.78, 5) is 33.2. The minimum atomic E-state index is -0.413. The van der Waals surface area contributed by atoms with E-state index in [9.17, 15) is 18.4 Å². The lowest BCUT2D eigenvalue weighted by molar-refractivity contribution is -0.113. The third kappa shape index (κ3) is 5.78. The number of thioether (sulfide) groups is 1. The Labute approximate surface area is 218 Å². The van der Waals surface area contributed by atoms with Crippen LogP contribution in [0.15, 0.2) is 94.8 Å². The normalized spacial score (nSPS) is 17.2. The molecule has 0 spiro atoms. The molecule has 1 amide bonds. The van der Waals surface area contributed by atoms with Crippen LogP contribution in [-0.2, 0) is 4.79 Å². The molecule has 1 fully saturated rings. The summed E-state index contributed by atoms with van der Waals surface area (Å²) >= 11 is 1.32. The van der Waals surface area contributed by atoms with Crippen molar-refractivity contribution >= 4 is 39.8 Å². The zero-order chi connectivity index (χ0) is 25.8. The topological polar surface area (TPSA) is 49.7 Å². The average Bonchev–Trinajstić information content (AvgIpc) is 3.58. The maximum atomic E-state index is 13.8. The van der Waals surface area contributed by atoms with Crippen molar-refractivity contribution in [1.29, 1.82) is 0 Å². The SMILES string of the molecule is O=C1N=C(N2CCCC2)S/C1=C(\C=C(/CC(=O)c1ccc(F)cc1)c1ccccc1)c1ccc(F)cc1. The molecule has 0 saturated carbocycles. The number of hydrogen-bond donors (Lipinski definition) is 0. The number of ketones is 1. The van der Waals surface area contributed by atoms with Gasteiger partial charge in [0.2, 0.25) is 0 Å². The van der Waals surface area contributed by atoms with Crippen LogP contribution in [0.25, 0.3) is 11.1 Å². The van der Waals surface area contributed by atoms with Crippen LogP contribution < -0.4 is 0 Å². The zero-order valence-electron chi connectivity index (χ0n) is 20.0. The molecule has 1 saturated heterocycles. The molecular weight excluding hydrogens is 490 g/mol. The summed E-state index contributed by atoms with van der Waals surface area (Å²) < 4.78 is 27.2. The van der Waals surface area contributed by atoms with E-state index in [-0.39, 0.29) is 23.9 Å². The lowest BCUT2D eigenvalue weighted by Gasteiger charge is -2.16. The van der Waals surface area contributed by atoms with Crippen molar-refractivity contribution in [2.75, 3.05) is 13.1 Å². The highest BCUT2D eigenvalue weighted by Crippen LogP contribution is 2.38. The Morgan fingerprint density at radius 3 is 2.05 bits per heavy atom. The van der Waals surface area contributed by atoms with E-state index in [1.807, 2.05) is 36.4 Å². The summed E-state index contributed by atoms with van der Waals surface area (Å²) in [6, 6.07) is 20.8. The number of Topliss-reactive ketones (excluding diaryl/α,β-unsaturated/α-hetero) is 1. The monoisotopic (exact) mass is 514 g/mol. The highest BCUT2D eigenvalue weighted by molar-refractivity contribution is 8.18. The van der Waals surface area contributed by atoms with Gasteiger partial charge >= 0.3 is 0 Å². The molecule has 4 nitrogen and oxygen atoms in total. The van der Waals surface area contributed by atoms with Gasteiger partial charge in [-0.2, -0.15) is 4.99 Å². The van der Waals surface area contributed by atoms with E-state index in [1.165, 1.54) is 48.2 Å². The molecule has 3 aromatic rings. The van der Waals surface area contributed by atoms with Crippen LogP contribution >= 0.6 is 11.8 Å². The van der Waals surface area contributed by atoms with Crippen molar-refractivity contribution in [3.05, 3.63) is 118 Å². The average molecular weight is 515 g/mol. The lowest BCUT2D eigenvalue weighted by atomic mass is 9.93. The van der Waals surface area contributed by atoms with Crippen molar-refractivity contribution in [3.63, 3.8) is 0 Å². The predicted molar refractivity (Wildman–Crippen MR) is 144 cm³/mol. The Kier molecular flexibility index (Phi) is 7.42. The number of amidine groups is 1. The number of halogens is 2. The van der Waals surface area contributed by atoms with Gasteiger partial charge in [-0.1, -0.05) is 42.5 Å². The van der Waals surface area contributed by atoms with Gasteiger partial charge in [0.1, 0.15) is 11.6 Å². The molecule has 0 N–H and O–H groups in total. The van der Waals surface area contributed by atoms with Crippen molar-refractivity contribution < 1.29 is 18.4 Å². The molecule has 2 heterocycles. The van der Waals surface area contributed by atoms with E-state index < -0.39 is 5.82 Å². The predicted octanol–water partition coefficient (Wildman–Crippen LogP) is 6.76. The second-order valence-corrected chi connectivity index (χ2v) is 9.87. The standard InChI is InChI=1S/C30H24F2N2O2S/c31-24-12-8-21(9-13-24)26(28-29(36)33-30(37-28)34-16-4-5-17-34)18-23(20-6-2-1-3-7-20)19-27(35)22-10-14-25(32)15-11-22/h1-3,6-15,18H,4-5,16-17,19H2/b23-18+,28-26+. The molecule has 0 bridgehead atoms. The number of carbonyl (C=O) groups excluding carboxylic acids is 2. The van der Waals surface area contributed by atoms with Gasteiger partial charge in [0.25, 0.3) is 5.91 Å². The van der Waals surface area contributed by atoms with E-state index in [1.54, 1.807) is 12.1 Å². The van der Waals surface area contributed by atoms with Crippen LogP contribution in [0.2, 0.25) is 0 Å². The van der Waals surface area contributed by atoms with Crippen LogP contribution in [0.5, 0.6) is 0 Å². The van der Waals surface area contributed by atoms with E-state index in [0.29, 0.717) is 32.3 Å². The molecule has 186 valence electrons. The fourth-order valence-corrected chi connectivity index (χ4v) is 5.43. The van der Waals surface area contributed by atoms with Gasteiger partial charge in [-0.05, 0) is 83.8 Å². The van der Waals surface area contributed by atoms with Crippen LogP contribution in [0.3, 0.4) is 0 Å². The summed E-state index contributed by atoms with van der Waals surface area (Å²) in [7, 11) is 0. The number of hydrogen-bond acceptors (Lipinski definition) is 4. The third-order valence-corrected chi connectivity index (χ3v) is 7.47. The third-order valence-electron chi connectivity index (χ3n) is 6.34. The Bertz CT molecular complexity index is 1410. The summed E-state index contributed by atoms with van der Waals surface area (Å²) in [5.41, 5.74) is 3.13. The Hall–Kier alpha value is -3.84. The lowest BCUT2D eigenvalue weighted by Crippen LogP contribution is -2.23. The Morgan fingerprint density at radius 1 is 0.838 bits per heavy atom. The van der Waals surface area contributed by atoms with E-state index in [4.69, 9.17) is 0 Å². The summed E-state index contributed by atoms with van der Waals surface area (Å²) in [5.74, 6) is -1.33. The largest absolute Gasteiger partial charge is 0.351 e. The first-order valence-electron chi connectivity index (χ1n) is 12.1. The first kappa shape index (κ1) is 24.8. The molecule has 2 aliphatic rings. The summed E-state index contributed by atoms with van der Waals surface area (Å²) in [6.07, 6.45) is 3.97. The number of benzene rings is 3. The number of likely N-dealkylation sites (tertiary alicyclic amines) is 1. The molecular formula is C30H24F2N2O2S. The number of nitrogens with zero attached hydrogens (tertiary/aromatic N) is 2. The Morgan fingerprint density at radius 2 is 1.43 bits per heavy atom. The Balaban J connectivity index is 1.59. The second kappa shape index (κ2) is 11.0.